The molecule has 7 nitrogen and oxygen atoms in total. The van der Waals surface area contributed by atoms with Crippen molar-refractivity contribution in [2.75, 3.05) is 31.0 Å². The fraction of sp³-hybridized carbons (Fsp3) is 0.125. The van der Waals surface area contributed by atoms with Crippen LogP contribution in [-0.4, -0.2) is 37.6 Å². The third-order valence-electron chi connectivity index (χ3n) is 4.76. The molecule has 0 spiro atoms. The van der Waals surface area contributed by atoms with Gasteiger partial charge in [0.05, 0.1) is 17.3 Å². The second kappa shape index (κ2) is 9.49. The van der Waals surface area contributed by atoms with Gasteiger partial charge in [0.25, 0.3) is 11.8 Å². The van der Waals surface area contributed by atoms with Crippen molar-refractivity contribution >= 4 is 44.2 Å². The zero-order valence-electron chi connectivity index (χ0n) is 17.6. The summed E-state index contributed by atoms with van der Waals surface area (Å²) in [5, 5.41) is 3.25. The third-order valence-corrected chi connectivity index (χ3v) is 5.69. The first kappa shape index (κ1) is 21.3. The van der Waals surface area contributed by atoms with Crippen molar-refractivity contribution < 1.29 is 19.1 Å². The molecular formula is C24H21N3O4S. The Labute approximate surface area is 189 Å². The van der Waals surface area contributed by atoms with Crippen LogP contribution in [-0.2, 0) is 4.79 Å². The van der Waals surface area contributed by atoms with Gasteiger partial charge in [0.1, 0.15) is 11.5 Å². The molecule has 1 heterocycles. The van der Waals surface area contributed by atoms with Crippen molar-refractivity contribution in [3.8, 4) is 11.5 Å². The van der Waals surface area contributed by atoms with Crippen LogP contribution < -0.4 is 19.7 Å². The highest BCUT2D eigenvalue weighted by Gasteiger charge is 2.13. The Hall–Kier alpha value is -3.91. The van der Waals surface area contributed by atoms with Crippen LogP contribution in [0.3, 0.4) is 0 Å². The molecule has 32 heavy (non-hydrogen) atoms. The second-order valence-electron chi connectivity index (χ2n) is 6.91. The Balaban J connectivity index is 1.33. The average molecular weight is 448 g/mol. The summed E-state index contributed by atoms with van der Waals surface area (Å²) in [6.45, 7) is -0.155. The molecule has 1 aromatic heterocycles. The number of hydrogen-bond donors (Lipinski definition) is 1. The largest absolute Gasteiger partial charge is 0.497 e. The van der Waals surface area contributed by atoms with Crippen LogP contribution in [0.2, 0.25) is 0 Å². The predicted octanol–water partition coefficient (Wildman–Crippen LogP) is 4.60. The van der Waals surface area contributed by atoms with Crippen LogP contribution in [0, 0.1) is 0 Å². The molecule has 0 atom stereocenters. The standard InChI is InChI=1S/C24H21N3O4S/c1-27(23(29)16-6-4-3-5-7-16)17-8-10-18(11-9-17)31-15-22(28)26-24-25-20-13-12-19(30-2)14-21(20)32-24/h3-14H,15H2,1-2H3,(H,25,26,28). The minimum Gasteiger partial charge on any atom is -0.497 e. The molecule has 2 amide bonds. The Kier molecular flexibility index (Phi) is 6.32. The number of nitrogens with one attached hydrogen (secondary N) is 1. The lowest BCUT2D eigenvalue weighted by molar-refractivity contribution is -0.118. The average Bonchev–Trinajstić information content (AvgIpc) is 3.24. The summed E-state index contributed by atoms with van der Waals surface area (Å²) in [6, 6.07) is 21.6. The van der Waals surface area contributed by atoms with E-state index in [1.54, 1.807) is 55.5 Å². The quantitative estimate of drug-likeness (QED) is 0.448. The van der Waals surface area contributed by atoms with Crippen LogP contribution in [0.1, 0.15) is 10.4 Å². The highest BCUT2D eigenvalue weighted by atomic mass is 32.1. The first-order valence-electron chi connectivity index (χ1n) is 9.84. The summed E-state index contributed by atoms with van der Waals surface area (Å²) in [6.07, 6.45) is 0. The van der Waals surface area contributed by atoms with E-state index in [-0.39, 0.29) is 18.4 Å². The second-order valence-corrected chi connectivity index (χ2v) is 7.94. The Bertz CT molecular complexity index is 1240. The number of benzene rings is 3. The smallest absolute Gasteiger partial charge is 0.264 e. The van der Waals surface area contributed by atoms with E-state index >= 15 is 0 Å². The van der Waals surface area contributed by atoms with Crippen LogP contribution in [0.5, 0.6) is 11.5 Å². The van der Waals surface area contributed by atoms with Gasteiger partial charge in [-0.25, -0.2) is 4.98 Å². The first-order chi connectivity index (χ1) is 15.5. The van der Waals surface area contributed by atoms with Gasteiger partial charge in [-0.15, -0.1) is 0 Å². The van der Waals surface area contributed by atoms with Crippen LogP contribution in [0.15, 0.2) is 72.8 Å². The number of aromatic nitrogens is 1. The summed E-state index contributed by atoms with van der Waals surface area (Å²) in [5.74, 6) is 0.851. The number of fused-ring (bicyclic) bond motifs is 1. The molecule has 0 aliphatic heterocycles. The molecule has 162 valence electrons. The normalized spacial score (nSPS) is 10.6. The molecule has 0 bridgehead atoms. The van der Waals surface area contributed by atoms with E-state index < -0.39 is 0 Å². The lowest BCUT2D eigenvalue weighted by Crippen LogP contribution is -2.26. The summed E-state index contributed by atoms with van der Waals surface area (Å²) in [7, 11) is 3.32. The molecule has 4 aromatic rings. The summed E-state index contributed by atoms with van der Waals surface area (Å²) < 4.78 is 11.7. The molecule has 4 rings (SSSR count). The lowest BCUT2D eigenvalue weighted by Gasteiger charge is -2.17. The van der Waals surface area contributed by atoms with E-state index in [1.807, 2.05) is 36.4 Å². The SMILES string of the molecule is COc1ccc2nc(NC(=O)COc3ccc(N(C)C(=O)c4ccccc4)cc3)sc2c1. The summed E-state index contributed by atoms with van der Waals surface area (Å²) in [5.41, 5.74) is 2.12. The van der Waals surface area contributed by atoms with Crippen LogP contribution in [0.25, 0.3) is 10.2 Å². The van der Waals surface area contributed by atoms with Gasteiger partial charge in [-0.1, -0.05) is 29.5 Å². The van der Waals surface area contributed by atoms with Crippen molar-refractivity contribution in [2.45, 2.75) is 0 Å². The number of amides is 2. The van der Waals surface area contributed by atoms with Crippen molar-refractivity contribution in [1.82, 2.24) is 4.98 Å². The van der Waals surface area contributed by atoms with Gasteiger partial charge in [-0.2, -0.15) is 0 Å². The lowest BCUT2D eigenvalue weighted by atomic mass is 10.2. The molecular weight excluding hydrogens is 426 g/mol. The Morgan fingerprint density at radius 3 is 2.44 bits per heavy atom. The molecule has 0 aliphatic carbocycles. The molecule has 0 fully saturated rings. The van der Waals surface area contributed by atoms with Gasteiger partial charge in [0.2, 0.25) is 0 Å². The van der Waals surface area contributed by atoms with Gasteiger partial charge in [-0.05, 0) is 54.6 Å². The molecule has 0 saturated carbocycles. The maximum absolute atomic E-state index is 12.5. The van der Waals surface area contributed by atoms with Gasteiger partial charge >= 0.3 is 0 Å². The molecule has 0 saturated heterocycles. The Morgan fingerprint density at radius 2 is 1.72 bits per heavy atom. The van der Waals surface area contributed by atoms with E-state index in [4.69, 9.17) is 9.47 Å². The van der Waals surface area contributed by atoms with Crippen LogP contribution in [0.4, 0.5) is 10.8 Å². The van der Waals surface area contributed by atoms with Crippen LogP contribution >= 0.6 is 11.3 Å². The third kappa shape index (κ3) is 4.87. The van der Waals surface area contributed by atoms with Gasteiger partial charge in [0, 0.05) is 18.3 Å². The van der Waals surface area contributed by atoms with E-state index in [9.17, 15) is 9.59 Å². The minimum absolute atomic E-state index is 0.105. The van der Waals surface area contributed by atoms with Crippen molar-refractivity contribution in [3.05, 3.63) is 78.4 Å². The zero-order chi connectivity index (χ0) is 22.5. The Morgan fingerprint density at radius 1 is 1.00 bits per heavy atom. The number of hydrogen-bond acceptors (Lipinski definition) is 6. The molecule has 8 heteroatoms. The number of nitrogens with zero attached hydrogens (tertiary/aromatic N) is 2. The highest BCUT2D eigenvalue weighted by Crippen LogP contribution is 2.29. The van der Waals surface area contributed by atoms with E-state index in [0.717, 1.165) is 21.7 Å². The number of rotatable bonds is 7. The number of thiazole rings is 1. The van der Waals surface area contributed by atoms with E-state index in [2.05, 4.69) is 10.3 Å². The number of carbonyl (C=O) groups excluding carboxylic acids is 2. The van der Waals surface area contributed by atoms with E-state index in [0.29, 0.717) is 16.4 Å². The summed E-state index contributed by atoms with van der Waals surface area (Å²) in [4.78, 5) is 30.8. The van der Waals surface area contributed by atoms with Crippen molar-refractivity contribution in [2.24, 2.45) is 0 Å². The molecule has 3 aromatic carbocycles. The molecule has 1 N–H and O–H groups in total. The number of ether oxygens (including phenoxy) is 2. The maximum atomic E-state index is 12.5. The molecule has 0 unspecified atom stereocenters. The number of anilines is 2. The van der Waals surface area contributed by atoms with Gasteiger partial charge in [0.15, 0.2) is 11.7 Å². The first-order valence-corrected chi connectivity index (χ1v) is 10.7. The minimum atomic E-state index is -0.309. The fourth-order valence-electron chi connectivity index (χ4n) is 3.05. The molecule has 0 radical (unpaired) electrons. The fourth-order valence-corrected chi connectivity index (χ4v) is 3.96. The number of carbonyl (C=O) groups is 2. The number of methoxy groups -OCH3 is 1. The maximum Gasteiger partial charge on any atom is 0.264 e. The van der Waals surface area contributed by atoms with E-state index in [1.165, 1.54) is 11.3 Å². The predicted molar refractivity (Wildman–Crippen MR) is 126 cm³/mol. The van der Waals surface area contributed by atoms with Crippen molar-refractivity contribution in [3.63, 3.8) is 0 Å². The summed E-state index contributed by atoms with van der Waals surface area (Å²) >= 11 is 1.37. The van der Waals surface area contributed by atoms with Crippen molar-refractivity contribution in [1.29, 1.82) is 0 Å². The monoisotopic (exact) mass is 447 g/mol. The van der Waals surface area contributed by atoms with Gasteiger partial charge < -0.3 is 14.4 Å². The highest BCUT2D eigenvalue weighted by molar-refractivity contribution is 7.22. The zero-order valence-corrected chi connectivity index (χ0v) is 18.4. The topological polar surface area (TPSA) is 80.8 Å². The molecule has 0 aliphatic rings. The van der Waals surface area contributed by atoms with Gasteiger partial charge in [-0.3, -0.25) is 14.9 Å².